The molecule has 6 aliphatic carbocycles. The zero-order chi connectivity index (χ0) is 8.60. The number of fused-ring (bicyclic) bond motifs is 9. The Bertz CT molecular complexity index is 314. The molecule has 0 spiro atoms. The van der Waals surface area contributed by atoms with Gasteiger partial charge in [0, 0.05) is 0 Å². The molecule has 74 valence electrons. The van der Waals surface area contributed by atoms with Gasteiger partial charge in [-0.3, -0.25) is 0 Å². The molecule has 0 aliphatic heterocycles. The highest BCUT2D eigenvalue weighted by Crippen LogP contribution is 2.84. The minimum atomic E-state index is 1.24. The van der Waals surface area contributed by atoms with Gasteiger partial charge in [-0.1, -0.05) is 0 Å². The monoisotopic (exact) mass is 186 g/mol. The number of hydrogen-bond donors (Lipinski definition) is 0. The van der Waals surface area contributed by atoms with Gasteiger partial charge < -0.3 is 0 Å². The Morgan fingerprint density at radius 1 is 0.500 bits per heavy atom. The van der Waals surface area contributed by atoms with E-state index in [1.807, 2.05) is 0 Å². The molecule has 0 radical (unpaired) electrons. The Hall–Kier alpha value is 0. The van der Waals surface area contributed by atoms with Gasteiger partial charge in [-0.05, 0) is 84.9 Å². The van der Waals surface area contributed by atoms with Gasteiger partial charge in [-0.15, -0.1) is 0 Å². The lowest BCUT2D eigenvalue weighted by molar-refractivity contribution is -0.253. The summed E-state index contributed by atoms with van der Waals surface area (Å²) in [6, 6.07) is 0. The molecule has 6 rings (SSSR count). The zero-order valence-electron chi connectivity index (χ0n) is 8.60. The molecule has 8 unspecified atom stereocenters. The summed E-state index contributed by atoms with van der Waals surface area (Å²) in [4.78, 5) is 0. The maximum absolute atomic E-state index is 1.67. The quantitative estimate of drug-likeness (QED) is 0.545. The summed E-state index contributed by atoms with van der Waals surface area (Å²) in [6.07, 6.45) is 6.59. The average molecular weight is 186 g/mol. The van der Waals surface area contributed by atoms with E-state index in [1.54, 1.807) is 25.7 Å². The van der Waals surface area contributed by atoms with Crippen LogP contribution in [-0.4, -0.2) is 0 Å². The fourth-order valence-corrected chi connectivity index (χ4v) is 7.40. The second-order valence-corrected chi connectivity index (χ2v) is 7.35. The van der Waals surface area contributed by atoms with Crippen LogP contribution in [0, 0.1) is 59.2 Å². The van der Waals surface area contributed by atoms with Gasteiger partial charge in [0.25, 0.3) is 0 Å². The lowest BCUT2D eigenvalue weighted by Gasteiger charge is -2.73. The van der Waals surface area contributed by atoms with E-state index in [2.05, 4.69) is 0 Å². The molecule has 0 bridgehead atoms. The van der Waals surface area contributed by atoms with Crippen molar-refractivity contribution in [2.75, 3.05) is 0 Å². The van der Waals surface area contributed by atoms with Crippen molar-refractivity contribution >= 4 is 0 Å². The maximum Gasteiger partial charge on any atom is -0.0315 e. The highest BCUT2D eigenvalue weighted by molar-refractivity contribution is 5.27. The summed E-state index contributed by atoms with van der Waals surface area (Å²) in [6.45, 7) is 0. The zero-order valence-corrected chi connectivity index (χ0v) is 8.60. The van der Waals surface area contributed by atoms with Crippen molar-refractivity contribution < 1.29 is 0 Å². The molecule has 6 saturated carbocycles. The summed E-state index contributed by atoms with van der Waals surface area (Å²) >= 11 is 0. The highest BCUT2D eigenvalue weighted by Gasteiger charge is 2.79. The maximum atomic E-state index is 1.67. The van der Waals surface area contributed by atoms with Crippen molar-refractivity contribution in [3.63, 3.8) is 0 Å². The van der Waals surface area contributed by atoms with E-state index in [-0.39, 0.29) is 0 Å². The topological polar surface area (TPSA) is 0 Å². The van der Waals surface area contributed by atoms with Gasteiger partial charge in [0.05, 0.1) is 0 Å². The van der Waals surface area contributed by atoms with Gasteiger partial charge in [0.1, 0.15) is 0 Å². The second-order valence-electron chi connectivity index (χ2n) is 7.35. The van der Waals surface area contributed by atoms with Crippen LogP contribution in [0.25, 0.3) is 0 Å². The van der Waals surface area contributed by atoms with Crippen molar-refractivity contribution in [1.82, 2.24) is 0 Å². The second kappa shape index (κ2) is 1.62. The molecule has 0 heteroatoms. The van der Waals surface area contributed by atoms with E-state index in [1.165, 1.54) is 59.2 Å². The van der Waals surface area contributed by atoms with E-state index < -0.39 is 0 Å². The third kappa shape index (κ3) is 0.390. The van der Waals surface area contributed by atoms with Crippen LogP contribution in [0.15, 0.2) is 0 Å². The minimum absolute atomic E-state index is 1.24. The Morgan fingerprint density at radius 3 is 1.43 bits per heavy atom. The molecule has 0 amide bonds. The van der Waals surface area contributed by atoms with Crippen molar-refractivity contribution in [3.8, 4) is 0 Å². The van der Waals surface area contributed by atoms with Crippen LogP contribution in [0.2, 0.25) is 0 Å². The van der Waals surface area contributed by atoms with Gasteiger partial charge in [-0.25, -0.2) is 0 Å². The third-order valence-electron chi connectivity index (χ3n) is 7.82. The summed E-state index contributed by atoms with van der Waals surface area (Å²) in [5.74, 6) is 12.7. The number of rotatable bonds is 0. The molecule has 0 aromatic heterocycles. The first-order valence-electron chi connectivity index (χ1n) is 6.95. The molecule has 0 aromatic carbocycles. The summed E-state index contributed by atoms with van der Waals surface area (Å²) in [5, 5.41) is 0. The largest absolute Gasteiger partial charge is 0.0496 e. The van der Waals surface area contributed by atoms with Crippen LogP contribution < -0.4 is 0 Å². The highest BCUT2D eigenvalue weighted by atomic mass is 14.8. The summed E-state index contributed by atoms with van der Waals surface area (Å²) in [7, 11) is 0. The van der Waals surface area contributed by atoms with E-state index in [4.69, 9.17) is 0 Å². The predicted octanol–water partition coefficient (Wildman–Crippen LogP) is 2.79. The molecule has 0 saturated heterocycles. The van der Waals surface area contributed by atoms with Crippen LogP contribution in [0.3, 0.4) is 0 Å². The Kier molecular flexibility index (Phi) is 0.758. The first-order chi connectivity index (χ1) is 6.95. The van der Waals surface area contributed by atoms with Crippen LogP contribution in [0.5, 0.6) is 0 Å². The van der Waals surface area contributed by atoms with Crippen LogP contribution in [0.4, 0.5) is 0 Å². The fraction of sp³-hybridized carbons (Fsp3) is 1.00. The standard InChI is InChI=1S/C14H18/c1-2-7-6(1)11-12(7)14-9-4-5-3-8(10(5)9)13(11)14/h5-14H,1-4H2. The van der Waals surface area contributed by atoms with E-state index >= 15 is 0 Å². The van der Waals surface area contributed by atoms with Gasteiger partial charge in [-0.2, -0.15) is 0 Å². The van der Waals surface area contributed by atoms with Crippen molar-refractivity contribution in [3.05, 3.63) is 0 Å². The first-order valence-corrected chi connectivity index (χ1v) is 6.95. The van der Waals surface area contributed by atoms with Gasteiger partial charge >= 0.3 is 0 Å². The molecule has 0 nitrogen and oxygen atoms in total. The molecule has 6 fully saturated rings. The number of hydrogen-bond acceptors (Lipinski definition) is 0. The van der Waals surface area contributed by atoms with E-state index in [0.717, 1.165) is 0 Å². The van der Waals surface area contributed by atoms with Crippen molar-refractivity contribution in [2.45, 2.75) is 25.7 Å². The summed E-state index contributed by atoms with van der Waals surface area (Å²) in [5.41, 5.74) is 0. The molecule has 0 N–H and O–H groups in total. The van der Waals surface area contributed by atoms with Crippen molar-refractivity contribution in [2.24, 2.45) is 59.2 Å². The third-order valence-corrected chi connectivity index (χ3v) is 7.82. The molecule has 0 heterocycles. The minimum Gasteiger partial charge on any atom is -0.0496 e. The first kappa shape index (κ1) is 6.55. The van der Waals surface area contributed by atoms with E-state index in [9.17, 15) is 0 Å². The predicted molar refractivity (Wildman–Crippen MR) is 53.4 cm³/mol. The molecular formula is C14H18. The van der Waals surface area contributed by atoms with Crippen molar-refractivity contribution in [1.29, 1.82) is 0 Å². The molecule has 6 aliphatic rings. The lowest BCUT2D eigenvalue weighted by Crippen LogP contribution is -2.68. The Labute approximate surface area is 85.4 Å². The normalized spacial score (nSPS) is 84.0. The summed E-state index contributed by atoms with van der Waals surface area (Å²) < 4.78 is 0. The van der Waals surface area contributed by atoms with Gasteiger partial charge in [0.2, 0.25) is 0 Å². The van der Waals surface area contributed by atoms with E-state index in [0.29, 0.717) is 0 Å². The van der Waals surface area contributed by atoms with Gasteiger partial charge in [0.15, 0.2) is 0 Å². The molecular weight excluding hydrogens is 168 g/mol. The smallest absolute Gasteiger partial charge is 0.0315 e. The fourth-order valence-electron chi connectivity index (χ4n) is 7.40. The lowest BCUT2D eigenvalue weighted by atomic mass is 9.32. The molecule has 8 atom stereocenters. The molecule has 14 heavy (non-hydrogen) atoms. The Morgan fingerprint density at radius 2 is 1.00 bits per heavy atom. The van der Waals surface area contributed by atoms with Crippen LogP contribution in [-0.2, 0) is 0 Å². The SMILES string of the molecule is C1CC2C1C1C2C2C3CC4CC(C43)C12. The Balaban J connectivity index is 1.47. The average Bonchev–Trinajstić information content (AvgIpc) is 2.24. The van der Waals surface area contributed by atoms with Crippen LogP contribution in [0.1, 0.15) is 25.7 Å². The molecule has 0 aromatic rings. The van der Waals surface area contributed by atoms with Crippen LogP contribution >= 0.6 is 0 Å².